The van der Waals surface area contributed by atoms with Gasteiger partial charge in [-0.05, 0) is 5.92 Å². The van der Waals surface area contributed by atoms with Crippen molar-refractivity contribution < 1.29 is 24.2 Å². The van der Waals surface area contributed by atoms with Crippen LogP contribution in [0.5, 0.6) is 0 Å². The molecule has 5 heteroatoms. The average Bonchev–Trinajstić information content (AvgIpc) is 2.13. The van der Waals surface area contributed by atoms with Gasteiger partial charge in [-0.15, -0.1) is 0 Å². The molecule has 0 aromatic heterocycles. The zero-order valence-corrected chi connectivity index (χ0v) is 9.19. The second kappa shape index (κ2) is 8.23. The average molecular weight is 218 g/mol. The van der Waals surface area contributed by atoms with E-state index in [1.807, 2.05) is 13.8 Å². The van der Waals surface area contributed by atoms with E-state index in [2.05, 4.69) is 0 Å². The number of carboxylic acids is 1. The van der Waals surface area contributed by atoms with Crippen molar-refractivity contribution in [3.63, 3.8) is 0 Å². The molecule has 0 amide bonds. The van der Waals surface area contributed by atoms with Gasteiger partial charge in [-0.2, -0.15) is 0 Å². The summed E-state index contributed by atoms with van der Waals surface area (Å²) in [7, 11) is 0. The molecular formula is C10H18O5. The molecule has 0 aliphatic heterocycles. The molecule has 0 aliphatic rings. The molecule has 0 heterocycles. The Balaban J connectivity index is 3.28. The van der Waals surface area contributed by atoms with Gasteiger partial charge in [0.05, 0.1) is 19.4 Å². The summed E-state index contributed by atoms with van der Waals surface area (Å²) in [5.74, 6) is -1.04. The lowest BCUT2D eigenvalue weighted by Gasteiger charge is -2.07. The van der Waals surface area contributed by atoms with Gasteiger partial charge in [-0.25, -0.2) is 0 Å². The third-order valence-corrected chi connectivity index (χ3v) is 1.48. The van der Waals surface area contributed by atoms with Crippen LogP contribution in [0.2, 0.25) is 0 Å². The summed E-state index contributed by atoms with van der Waals surface area (Å²) >= 11 is 0. The SMILES string of the molecule is CC(C)COCCOC(=O)CCC(=O)O. The topological polar surface area (TPSA) is 72.8 Å². The Morgan fingerprint density at radius 2 is 1.87 bits per heavy atom. The maximum absolute atomic E-state index is 10.9. The maximum Gasteiger partial charge on any atom is 0.306 e. The Bertz CT molecular complexity index is 200. The van der Waals surface area contributed by atoms with Crippen LogP contribution in [0.25, 0.3) is 0 Å². The predicted octanol–water partition coefficient (Wildman–Crippen LogP) is 1.07. The first kappa shape index (κ1) is 13.9. The van der Waals surface area contributed by atoms with Crippen LogP contribution in [0.1, 0.15) is 26.7 Å². The third kappa shape index (κ3) is 10.8. The highest BCUT2D eigenvalue weighted by Gasteiger charge is 2.05. The Morgan fingerprint density at radius 3 is 2.40 bits per heavy atom. The summed E-state index contributed by atoms with van der Waals surface area (Å²) in [6.45, 7) is 5.23. The maximum atomic E-state index is 10.9. The highest BCUT2D eigenvalue weighted by Crippen LogP contribution is 1.94. The second-order valence-corrected chi connectivity index (χ2v) is 3.58. The molecule has 0 bridgehead atoms. The van der Waals surface area contributed by atoms with Crippen LogP contribution in [-0.2, 0) is 19.1 Å². The van der Waals surface area contributed by atoms with Crippen molar-refractivity contribution in [2.75, 3.05) is 19.8 Å². The van der Waals surface area contributed by atoms with Crippen molar-refractivity contribution in [3.8, 4) is 0 Å². The molecule has 0 aliphatic carbocycles. The van der Waals surface area contributed by atoms with Crippen LogP contribution < -0.4 is 0 Å². The zero-order valence-electron chi connectivity index (χ0n) is 9.19. The molecular weight excluding hydrogens is 200 g/mol. The fourth-order valence-corrected chi connectivity index (χ4v) is 0.815. The standard InChI is InChI=1S/C10H18O5/c1-8(2)7-14-5-6-15-10(13)4-3-9(11)12/h8H,3-7H2,1-2H3,(H,11,12). The van der Waals surface area contributed by atoms with Gasteiger partial charge in [-0.1, -0.05) is 13.8 Å². The number of rotatable bonds is 8. The van der Waals surface area contributed by atoms with Crippen LogP contribution in [-0.4, -0.2) is 36.9 Å². The van der Waals surface area contributed by atoms with Crippen LogP contribution in [0.3, 0.4) is 0 Å². The zero-order chi connectivity index (χ0) is 11.7. The molecule has 0 unspecified atom stereocenters. The normalized spacial score (nSPS) is 10.3. The van der Waals surface area contributed by atoms with Crippen molar-refractivity contribution in [1.82, 2.24) is 0 Å². The third-order valence-electron chi connectivity index (χ3n) is 1.48. The Labute approximate surface area is 89.4 Å². The highest BCUT2D eigenvalue weighted by molar-refractivity contribution is 5.76. The number of hydrogen-bond acceptors (Lipinski definition) is 4. The number of aliphatic carboxylic acids is 1. The van der Waals surface area contributed by atoms with Crippen molar-refractivity contribution in [1.29, 1.82) is 0 Å². The minimum Gasteiger partial charge on any atom is -0.481 e. The van der Waals surface area contributed by atoms with Gasteiger partial charge in [0.15, 0.2) is 0 Å². The van der Waals surface area contributed by atoms with Crippen LogP contribution in [0, 0.1) is 5.92 Å². The van der Waals surface area contributed by atoms with Crippen LogP contribution in [0.15, 0.2) is 0 Å². The number of carbonyl (C=O) groups is 2. The van der Waals surface area contributed by atoms with E-state index in [0.717, 1.165) is 0 Å². The molecule has 0 aromatic rings. The highest BCUT2D eigenvalue weighted by atomic mass is 16.6. The molecule has 1 N–H and O–H groups in total. The number of hydrogen-bond donors (Lipinski definition) is 1. The number of ether oxygens (including phenoxy) is 2. The molecule has 0 fully saturated rings. The summed E-state index contributed by atoms with van der Waals surface area (Å²) in [5.41, 5.74) is 0. The van der Waals surface area contributed by atoms with E-state index >= 15 is 0 Å². The van der Waals surface area contributed by atoms with Crippen LogP contribution >= 0.6 is 0 Å². The molecule has 15 heavy (non-hydrogen) atoms. The van der Waals surface area contributed by atoms with Gasteiger partial charge in [0, 0.05) is 6.61 Å². The van der Waals surface area contributed by atoms with Crippen LogP contribution in [0.4, 0.5) is 0 Å². The molecule has 88 valence electrons. The molecule has 0 spiro atoms. The quantitative estimate of drug-likeness (QED) is 0.487. The second-order valence-electron chi connectivity index (χ2n) is 3.58. The predicted molar refractivity (Wildman–Crippen MR) is 53.5 cm³/mol. The first-order valence-electron chi connectivity index (χ1n) is 4.97. The van der Waals surface area contributed by atoms with Crippen molar-refractivity contribution in [3.05, 3.63) is 0 Å². The van der Waals surface area contributed by atoms with Gasteiger partial charge in [0.2, 0.25) is 0 Å². The Kier molecular flexibility index (Phi) is 7.62. The Hall–Kier alpha value is -1.10. The molecule has 5 nitrogen and oxygen atoms in total. The molecule has 0 rings (SSSR count). The van der Waals surface area contributed by atoms with E-state index in [4.69, 9.17) is 14.6 Å². The van der Waals surface area contributed by atoms with E-state index in [-0.39, 0.29) is 19.4 Å². The van der Waals surface area contributed by atoms with Gasteiger partial charge >= 0.3 is 11.9 Å². The monoisotopic (exact) mass is 218 g/mol. The smallest absolute Gasteiger partial charge is 0.306 e. The summed E-state index contributed by atoms with van der Waals surface area (Å²) in [6.07, 6.45) is -0.273. The van der Waals surface area contributed by atoms with Gasteiger partial charge < -0.3 is 14.6 Å². The molecule has 0 radical (unpaired) electrons. The van der Waals surface area contributed by atoms with Crippen molar-refractivity contribution >= 4 is 11.9 Å². The summed E-state index contributed by atoms with van der Waals surface area (Å²) in [6, 6.07) is 0. The van der Waals surface area contributed by atoms with E-state index in [0.29, 0.717) is 19.1 Å². The lowest BCUT2D eigenvalue weighted by atomic mass is 10.2. The number of esters is 1. The lowest BCUT2D eigenvalue weighted by Crippen LogP contribution is -2.13. The number of carboxylic acid groups (broad SMARTS) is 1. The van der Waals surface area contributed by atoms with Crippen molar-refractivity contribution in [2.24, 2.45) is 5.92 Å². The van der Waals surface area contributed by atoms with Gasteiger partial charge in [0.1, 0.15) is 6.61 Å². The minimum absolute atomic E-state index is 0.0838. The summed E-state index contributed by atoms with van der Waals surface area (Å²) in [4.78, 5) is 21.0. The first-order chi connectivity index (χ1) is 7.02. The molecule has 0 saturated heterocycles. The van der Waals surface area contributed by atoms with Crippen molar-refractivity contribution in [2.45, 2.75) is 26.7 Å². The van der Waals surface area contributed by atoms with Gasteiger partial charge in [-0.3, -0.25) is 9.59 Å². The Morgan fingerprint density at radius 1 is 1.20 bits per heavy atom. The fraction of sp³-hybridized carbons (Fsp3) is 0.800. The number of carbonyl (C=O) groups excluding carboxylic acids is 1. The first-order valence-corrected chi connectivity index (χ1v) is 4.97. The lowest BCUT2D eigenvalue weighted by molar-refractivity contribution is -0.148. The van der Waals surface area contributed by atoms with Gasteiger partial charge in [0.25, 0.3) is 0 Å². The largest absolute Gasteiger partial charge is 0.481 e. The summed E-state index contributed by atoms with van der Waals surface area (Å²) < 4.78 is 9.92. The summed E-state index contributed by atoms with van der Waals surface area (Å²) in [5, 5.41) is 8.30. The van der Waals surface area contributed by atoms with E-state index < -0.39 is 11.9 Å². The minimum atomic E-state index is -0.997. The fourth-order valence-electron chi connectivity index (χ4n) is 0.815. The van der Waals surface area contributed by atoms with E-state index in [1.165, 1.54) is 0 Å². The molecule has 0 saturated carbocycles. The molecule has 0 aromatic carbocycles. The molecule has 0 atom stereocenters. The van der Waals surface area contributed by atoms with E-state index in [1.54, 1.807) is 0 Å². The van der Waals surface area contributed by atoms with E-state index in [9.17, 15) is 9.59 Å².